The van der Waals surface area contributed by atoms with Crippen molar-refractivity contribution in [2.45, 2.75) is 39.3 Å². The number of anilines is 2. The SMILES string of the molecule is CC(C)CCOC(=O)C(C)N1C(=O)C(c2ccccc2)Oc2ccc(N)nc21. The van der Waals surface area contributed by atoms with Crippen LogP contribution >= 0.6 is 0 Å². The van der Waals surface area contributed by atoms with Crippen molar-refractivity contribution in [1.29, 1.82) is 0 Å². The van der Waals surface area contributed by atoms with Gasteiger partial charge in [-0.25, -0.2) is 9.78 Å². The van der Waals surface area contributed by atoms with Gasteiger partial charge in [0.25, 0.3) is 5.91 Å². The summed E-state index contributed by atoms with van der Waals surface area (Å²) in [6.45, 7) is 6.03. The van der Waals surface area contributed by atoms with Crippen LogP contribution < -0.4 is 15.4 Å². The summed E-state index contributed by atoms with van der Waals surface area (Å²) in [6.07, 6.45) is -0.116. The van der Waals surface area contributed by atoms with Crippen molar-refractivity contribution >= 4 is 23.5 Å². The molecular formula is C21H25N3O4. The van der Waals surface area contributed by atoms with Crippen LogP contribution in [0.25, 0.3) is 0 Å². The number of ether oxygens (including phenoxy) is 2. The molecule has 2 N–H and O–H groups in total. The fourth-order valence-electron chi connectivity index (χ4n) is 2.96. The molecule has 2 heterocycles. The van der Waals surface area contributed by atoms with Crippen molar-refractivity contribution in [2.24, 2.45) is 5.92 Å². The van der Waals surface area contributed by atoms with Crippen LogP contribution in [0.4, 0.5) is 11.6 Å². The number of aromatic nitrogens is 1. The molecule has 28 heavy (non-hydrogen) atoms. The second-order valence-electron chi connectivity index (χ2n) is 7.20. The highest BCUT2D eigenvalue weighted by molar-refractivity contribution is 6.04. The fraction of sp³-hybridized carbons (Fsp3) is 0.381. The maximum Gasteiger partial charge on any atom is 0.329 e. The van der Waals surface area contributed by atoms with Crippen molar-refractivity contribution < 1.29 is 19.1 Å². The molecule has 2 aromatic rings. The number of amides is 1. The molecule has 148 valence electrons. The molecule has 1 aliphatic heterocycles. The molecule has 7 heteroatoms. The highest BCUT2D eigenvalue weighted by atomic mass is 16.5. The zero-order chi connectivity index (χ0) is 20.3. The number of nitrogen functional groups attached to an aromatic ring is 1. The molecule has 0 saturated heterocycles. The van der Waals surface area contributed by atoms with Gasteiger partial charge in [0.2, 0.25) is 6.10 Å². The minimum Gasteiger partial charge on any atom is -0.472 e. The number of carbonyl (C=O) groups is 2. The molecule has 1 aromatic heterocycles. The first-order valence-corrected chi connectivity index (χ1v) is 9.36. The molecule has 1 aromatic carbocycles. The largest absolute Gasteiger partial charge is 0.472 e. The summed E-state index contributed by atoms with van der Waals surface area (Å²) >= 11 is 0. The van der Waals surface area contributed by atoms with E-state index in [0.29, 0.717) is 23.8 Å². The first-order chi connectivity index (χ1) is 13.4. The van der Waals surface area contributed by atoms with Gasteiger partial charge in [0, 0.05) is 5.56 Å². The molecule has 0 aliphatic carbocycles. The summed E-state index contributed by atoms with van der Waals surface area (Å²) in [5, 5.41) is 0. The molecular weight excluding hydrogens is 358 g/mol. The summed E-state index contributed by atoms with van der Waals surface area (Å²) in [5.41, 5.74) is 6.50. The topological polar surface area (TPSA) is 94.8 Å². The highest BCUT2D eigenvalue weighted by Gasteiger charge is 2.41. The number of hydrogen-bond donors (Lipinski definition) is 1. The number of pyridine rings is 1. The smallest absolute Gasteiger partial charge is 0.329 e. The Morgan fingerprint density at radius 1 is 1.21 bits per heavy atom. The Hall–Kier alpha value is -3.09. The molecule has 0 bridgehead atoms. The number of carbonyl (C=O) groups excluding carboxylic acids is 2. The first kappa shape index (κ1) is 19.7. The van der Waals surface area contributed by atoms with Gasteiger partial charge >= 0.3 is 5.97 Å². The van der Waals surface area contributed by atoms with Crippen LogP contribution in [0.3, 0.4) is 0 Å². The number of hydrogen-bond acceptors (Lipinski definition) is 6. The molecule has 1 amide bonds. The molecule has 1 aliphatic rings. The van der Waals surface area contributed by atoms with E-state index in [-0.39, 0.29) is 17.5 Å². The van der Waals surface area contributed by atoms with Gasteiger partial charge in [-0.1, -0.05) is 44.2 Å². The molecule has 3 rings (SSSR count). The monoisotopic (exact) mass is 383 g/mol. The lowest BCUT2D eigenvalue weighted by atomic mass is 10.1. The van der Waals surface area contributed by atoms with E-state index in [1.165, 1.54) is 4.90 Å². The van der Waals surface area contributed by atoms with Crippen molar-refractivity contribution in [3.05, 3.63) is 48.0 Å². The van der Waals surface area contributed by atoms with E-state index in [1.54, 1.807) is 19.1 Å². The van der Waals surface area contributed by atoms with Gasteiger partial charge in [-0.05, 0) is 31.4 Å². The number of fused-ring (bicyclic) bond motifs is 1. The summed E-state index contributed by atoms with van der Waals surface area (Å²) in [5.74, 6) is 0.398. The number of rotatable bonds is 6. The van der Waals surface area contributed by atoms with Crippen LogP contribution in [0.1, 0.15) is 38.9 Å². The minimum atomic E-state index is -0.870. The van der Waals surface area contributed by atoms with Gasteiger partial charge in [-0.15, -0.1) is 0 Å². The van der Waals surface area contributed by atoms with E-state index < -0.39 is 18.1 Å². The number of nitrogens with zero attached hydrogens (tertiary/aromatic N) is 2. The maximum atomic E-state index is 13.2. The van der Waals surface area contributed by atoms with Crippen molar-refractivity contribution in [1.82, 2.24) is 4.98 Å². The Morgan fingerprint density at radius 3 is 2.61 bits per heavy atom. The second-order valence-corrected chi connectivity index (χ2v) is 7.20. The summed E-state index contributed by atoms with van der Waals surface area (Å²) in [7, 11) is 0. The van der Waals surface area contributed by atoms with Crippen LogP contribution in [-0.2, 0) is 14.3 Å². The molecule has 2 atom stereocenters. The van der Waals surface area contributed by atoms with E-state index in [2.05, 4.69) is 18.8 Å². The van der Waals surface area contributed by atoms with E-state index in [0.717, 1.165) is 6.42 Å². The van der Waals surface area contributed by atoms with Gasteiger partial charge in [0.15, 0.2) is 11.6 Å². The van der Waals surface area contributed by atoms with Crippen molar-refractivity contribution in [3.63, 3.8) is 0 Å². The van der Waals surface area contributed by atoms with Crippen LogP contribution in [0.2, 0.25) is 0 Å². The Kier molecular flexibility index (Phi) is 5.82. The van der Waals surface area contributed by atoms with E-state index in [4.69, 9.17) is 15.2 Å². The summed E-state index contributed by atoms with van der Waals surface area (Å²) in [6, 6.07) is 11.5. The van der Waals surface area contributed by atoms with E-state index in [1.807, 2.05) is 30.3 Å². The van der Waals surface area contributed by atoms with Crippen LogP contribution in [0, 0.1) is 5.92 Å². The van der Waals surface area contributed by atoms with E-state index in [9.17, 15) is 9.59 Å². The molecule has 0 saturated carbocycles. The predicted molar refractivity (Wildman–Crippen MR) is 106 cm³/mol. The predicted octanol–water partition coefficient (Wildman–Crippen LogP) is 3.11. The number of esters is 1. The average Bonchev–Trinajstić information content (AvgIpc) is 2.67. The number of nitrogens with two attached hydrogens (primary N) is 1. The van der Waals surface area contributed by atoms with Crippen LogP contribution in [0.5, 0.6) is 5.75 Å². The Labute approximate surface area is 164 Å². The number of benzene rings is 1. The molecule has 0 radical (unpaired) electrons. The molecule has 0 spiro atoms. The quantitative estimate of drug-likeness (QED) is 0.770. The lowest BCUT2D eigenvalue weighted by Crippen LogP contribution is -2.50. The summed E-state index contributed by atoms with van der Waals surface area (Å²) < 4.78 is 11.3. The Morgan fingerprint density at radius 2 is 1.93 bits per heavy atom. The summed E-state index contributed by atoms with van der Waals surface area (Å²) in [4.78, 5) is 31.4. The van der Waals surface area contributed by atoms with Crippen molar-refractivity contribution in [3.8, 4) is 5.75 Å². The van der Waals surface area contributed by atoms with Gasteiger partial charge in [-0.3, -0.25) is 9.69 Å². The zero-order valence-corrected chi connectivity index (χ0v) is 16.3. The van der Waals surface area contributed by atoms with Gasteiger partial charge in [-0.2, -0.15) is 0 Å². The normalized spacial score (nSPS) is 17.1. The van der Waals surface area contributed by atoms with Gasteiger partial charge in [0.05, 0.1) is 6.61 Å². The average molecular weight is 383 g/mol. The lowest BCUT2D eigenvalue weighted by Gasteiger charge is -2.36. The van der Waals surface area contributed by atoms with Gasteiger partial charge < -0.3 is 15.2 Å². The highest BCUT2D eigenvalue weighted by Crippen LogP contribution is 2.39. The standard InChI is InChI=1S/C21H25N3O4/c1-13(2)11-12-27-21(26)14(3)24-19-16(9-10-17(22)23-19)28-18(20(24)25)15-7-5-4-6-8-15/h4-10,13-14,18H,11-12H2,1-3H3,(H2,22,23). The first-order valence-electron chi connectivity index (χ1n) is 9.36. The second kappa shape index (κ2) is 8.29. The Balaban J connectivity index is 1.92. The van der Waals surface area contributed by atoms with Crippen LogP contribution in [-0.4, -0.2) is 29.5 Å². The van der Waals surface area contributed by atoms with Gasteiger partial charge in [0.1, 0.15) is 11.9 Å². The third-order valence-electron chi connectivity index (χ3n) is 4.57. The van der Waals surface area contributed by atoms with E-state index >= 15 is 0 Å². The molecule has 2 unspecified atom stereocenters. The van der Waals surface area contributed by atoms with Crippen LogP contribution in [0.15, 0.2) is 42.5 Å². The zero-order valence-electron chi connectivity index (χ0n) is 16.3. The maximum absolute atomic E-state index is 13.2. The minimum absolute atomic E-state index is 0.227. The third kappa shape index (κ3) is 4.08. The fourth-order valence-corrected chi connectivity index (χ4v) is 2.96. The third-order valence-corrected chi connectivity index (χ3v) is 4.57. The molecule has 0 fully saturated rings. The lowest BCUT2D eigenvalue weighted by molar-refractivity contribution is -0.147. The van der Waals surface area contributed by atoms with Crippen molar-refractivity contribution in [2.75, 3.05) is 17.2 Å². The molecule has 7 nitrogen and oxygen atoms in total. The Bertz CT molecular complexity index is 854.